The SMILES string of the molecule is CCOc1ccc(NC(=O)C[NH+]2CCN(c3ccccc3OCC)CC2)cc1. The molecule has 0 radical (unpaired) electrons. The van der Waals surface area contributed by atoms with Crippen LogP contribution in [-0.4, -0.2) is 51.8 Å². The third kappa shape index (κ3) is 5.39. The lowest BCUT2D eigenvalue weighted by Crippen LogP contribution is -3.15. The molecule has 0 spiro atoms. The third-order valence-corrected chi connectivity index (χ3v) is 4.84. The molecule has 0 saturated carbocycles. The van der Waals surface area contributed by atoms with Crippen molar-refractivity contribution < 1.29 is 19.2 Å². The highest BCUT2D eigenvalue weighted by molar-refractivity contribution is 5.91. The number of carbonyl (C=O) groups excluding carboxylic acids is 1. The van der Waals surface area contributed by atoms with Gasteiger partial charge in [-0.3, -0.25) is 4.79 Å². The van der Waals surface area contributed by atoms with Gasteiger partial charge in [0.15, 0.2) is 6.54 Å². The van der Waals surface area contributed by atoms with Gasteiger partial charge in [-0.05, 0) is 50.2 Å². The van der Waals surface area contributed by atoms with Gasteiger partial charge >= 0.3 is 0 Å². The number of amides is 1. The number of quaternary nitrogens is 1. The van der Waals surface area contributed by atoms with Crippen molar-refractivity contribution in [1.29, 1.82) is 0 Å². The van der Waals surface area contributed by atoms with Crippen molar-refractivity contribution in [1.82, 2.24) is 0 Å². The smallest absolute Gasteiger partial charge is 0.279 e. The monoisotopic (exact) mass is 384 g/mol. The molecule has 0 aliphatic carbocycles. The summed E-state index contributed by atoms with van der Waals surface area (Å²) in [5.41, 5.74) is 1.94. The van der Waals surface area contributed by atoms with Gasteiger partial charge in [0.05, 0.1) is 45.1 Å². The lowest BCUT2D eigenvalue weighted by Gasteiger charge is -2.34. The number of nitrogens with zero attached hydrogens (tertiary/aromatic N) is 1. The Kier molecular flexibility index (Phi) is 7.14. The second-order valence-corrected chi connectivity index (χ2v) is 6.82. The Hall–Kier alpha value is -2.73. The van der Waals surface area contributed by atoms with E-state index in [0.717, 1.165) is 49.1 Å². The van der Waals surface area contributed by atoms with Gasteiger partial charge < -0.3 is 24.6 Å². The summed E-state index contributed by atoms with van der Waals surface area (Å²) < 4.78 is 11.2. The van der Waals surface area contributed by atoms with Crippen LogP contribution >= 0.6 is 0 Å². The van der Waals surface area contributed by atoms with E-state index in [4.69, 9.17) is 9.47 Å². The summed E-state index contributed by atoms with van der Waals surface area (Å²) in [6.45, 7) is 9.41. The molecule has 1 aliphatic rings. The highest BCUT2D eigenvalue weighted by Gasteiger charge is 2.24. The first-order valence-electron chi connectivity index (χ1n) is 10.0. The molecule has 1 saturated heterocycles. The van der Waals surface area contributed by atoms with Gasteiger partial charge in [-0.25, -0.2) is 0 Å². The van der Waals surface area contributed by atoms with Crippen LogP contribution in [0, 0.1) is 0 Å². The van der Waals surface area contributed by atoms with Crippen LogP contribution < -0.4 is 24.6 Å². The quantitative estimate of drug-likeness (QED) is 0.729. The third-order valence-electron chi connectivity index (χ3n) is 4.84. The number of anilines is 2. The molecule has 2 aromatic carbocycles. The summed E-state index contributed by atoms with van der Waals surface area (Å²) in [5, 5.41) is 2.98. The van der Waals surface area contributed by atoms with E-state index in [-0.39, 0.29) is 5.91 Å². The maximum atomic E-state index is 12.4. The van der Waals surface area contributed by atoms with E-state index < -0.39 is 0 Å². The minimum atomic E-state index is 0.0438. The average Bonchev–Trinajstić information content (AvgIpc) is 2.71. The zero-order valence-corrected chi connectivity index (χ0v) is 16.7. The van der Waals surface area contributed by atoms with Crippen LogP contribution in [0.5, 0.6) is 11.5 Å². The first kappa shape index (κ1) is 20.0. The Balaban J connectivity index is 1.48. The summed E-state index contributed by atoms with van der Waals surface area (Å²) in [6.07, 6.45) is 0. The predicted molar refractivity (Wildman–Crippen MR) is 112 cm³/mol. The van der Waals surface area contributed by atoms with Crippen LogP contribution in [0.2, 0.25) is 0 Å². The highest BCUT2D eigenvalue weighted by Crippen LogP contribution is 2.27. The zero-order chi connectivity index (χ0) is 19.8. The van der Waals surface area contributed by atoms with Gasteiger partial charge in [-0.15, -0.1) is 0 Å². The van der Waals surface area contributed by atoms with E-state index in [0.29, 0.717) is 19.8 Å². The lowest BCUT2D eigenvalue weighted by atomic mass is 10.2. The van der Waals surface area contributed by atoms with Crippen molar-refractivity contribution in [3.63, 3.8) is 0 Å². The fraction of sp³-hybridized carbons (Fsp3) is 0.409. The molecule has 1 aliphatic heterocycles. The number of ether oxygens (including phenoxy) is 2. The minimum Gasteiger partial charge on any atom is -0.494 e. The number of para-hydroxylation sites is 2. The molecule has 1 amide bonds. The minimum absolute atomic E-state index is 0.0438. The molecule has 0 bridgehead atoms. The number of benzene rings is 2. The fourth-order valence-corrected chi connectivity index (χ4v) is 3.47. The number of nitrogens with one attached hydrogen (secondary N) is 2. The Labute approximate surface area is 167 Å². The van der Waals surface area contributed by atoms with Crippen molar-refractivity contribution in [2.45, 2.75) is 13.8 Å². The maximum Gasteiger partial charge on any atom is 0.279 e. The maximum absolute atomic E-state index is 12.4. The van der Waals surface area contributed by atoms with Crippen molar-refractivity contribution in [3.05, 3.63) is 48.5 Å². The Bertz CT molecular complexity index is 756. The van der Waals surface area contributed by atoms with E-state index in [1.54, 1.807) is 0 Å². The largest absolute Gasteiger partial charge is 0.494 e. The number of carbonyl (C=O) groups is 1. The number of hydrogen-bond donors (Lipinski definition) is 2. The Morgan fingerprint density at radius 2 is 1.68 bits per heavy atom. The van der Waals surface area contributed by atoms with E-state index in [9.17, 15) is 4.79 Å². The van der Waals surface area contributed by atoms with Crippen LogP contribution in [0.3, 0.4) is 0 Å². The summed E-state index contributed by atoms with van der Waals surface area (Å²) >= 11 is 0. The molecule has 0 unspecified atom stereocenters. The topological polar surface area (TPSA) is 55.2 Å². The number of hydrogen-bond acceptors (Lipinski definition) is 4. The second-order valence-electron chi connectivity index (χ2n) is 6.82. The molecule has 2 N–H and O–H groups in total. The summed E-state index contributed by atoms with van der Waals surface area (Å²) in [6, 6.07) is 15.7. The van der Waals surface area contributed by atoms with Gasteiger partial charge in [0.25, 0.3) is 5.91 Å². The van der Waals surface area contributed by atoms with Crippen molar-refractivity contribution in [3.8, 4) is 11.5 Å². The fourth-order valence-electron chi connectivity index (χ4n) is 3.47. The standard InChI is InChI=1S/C22H29N3O3/c1-3-27-19-11-9-18(10-12-19)23-22(26)17-24-13-15-25(16-14-24)20-7-5-6-8-21(20)28-4-2/h5-12H,3-4,13-17H2,1-2H3,(H,23,26)/p+1. The molecule has 3 rings (SSSR count). The molecular weight excluding hydrogens is 354 g/mol. The van der Waals surface area contributed by atoms with Gasteiger partial charge in [0.1, 0.15) is 11.5 Å². The molecule has 0 atom stereocenters. The average molecular weight is 385 g/mol. The van der Waals surface area contributed by atoms with Crippen LogP contribution in [0.25, 0.3) is 0 Å². The Morgan fingerprint density at radius 3 is 2.36 bits per heavy atom. The van der Waals surface area contributed by atoms with E-state index >= 15 is 0 Å². The summed E-state index contributed by atoms with van der Waals surface area (Å²) in [4.78, 5) is 16.0. The van der Waals surface area contributed by atoms with Gasteiger partial charge in [0, 0.05) is 5.69 Å². The lowest BCUT2D eigenvalue weighted by molar-refractivity contribution is -0.892. The first-order valence-corrected chi connectivity index (χ1v) is 10.0. The first-order chi connectivity index (χ1) is 13.7. The molecule has 1 fully saturated rings. The molecule has 2 aromatic rings. The summed E-state index contributed by atoms with van der Waals surface area (Å²) in [5.74, 6) is 1.79. The zero-order valence-electron chi connectivity index (χ0n) is 16.7. The number of piperazine rings is 1. The van der Waals surface area contributed by atoms with Crippen molar-refractivity contribution in [2.75, 3.05) is 56.2 Å². The summed E-state index contributed by atoms with van der Waals surface area (Å²) in [7, 11) is 0. The van der Waals surface area contributed by atoms with Crippen LogP contribution in [0.15, 0.2) is 48.5 Å². The van der Waals surface area contributed by atoms with Crippen molar-refractivity contribution in [2.24, 2.45) is 0 Å². The molecule has 1 heterocycles. The molecule has 6 heteroatoms. The van der Waals surface area contributed by atoms with Crippen LogP contribution in [-0.2, 0) is 4.79 Å². The van der Waals surface area contributed by atoms with Crippen molar-refractivity contribution >= 4 is 17.3 Å². The molecule has 28 heavy (non-hydrogen) atoms. The van der Waals surface area contributed by atoms with E-state index in [2.05, 4.69) is 16.3 Å². The molecular formula is C22H30N3O3+. The van der Waals surface area contributed by atoms with E-state index in [1.165, 1.54) is 4.90 Å². The predicted octanol–water partition coefficient (Wildman–Crippen LogP) is 1.83. The molecule has 6 nitrogen and oxygen atoms in total. The second kappa shape index (κ2) is 9.99. The number of rotatable bonds is 8. The molecule has 0 aromatic heterocycles. The van der Waals surface area contributed by atoms with Crippen LogP contribution in [0.1, 0.15) is 13.8 Å². The molecule has 150 valence electrons. The van der Waals surface area contributed by atoms with Crippen LogP contribution in [0.4, 0.5) is 11.4 Å². The van der Waals surface area contributed by atoms with Gasteiger partial charge in [-0.2, -0.15) is 0 Å². The van der Waals surface area contributed by atoms with Gasteiger partial charge in [-0.1, -0.05) is 12.1 Å². The normalized spacial score (nSPS) is 14.6. The highest BCUT2D eigenvalue weighted by atomic mass is 16.5. The van der Waals surface area contributed by atoms with E-state index in [1.807, 2.05) is 56.3 Å². The Morgan fingerprint density at radius 1 is 1.00 bits per heavy atom. The van der Waals surface area contributed by atoms with Gasteiger partial charge in [0.2, 0.25) is 0 Å².